The van der Waals surface area contributed by atoms with Gasteiger partial charge in [-0.05, 0) is 54.6 Å². The topological polar surface area (TPSA) is 49.3 Å². The van der Waals surface area contributed by atoms with Crippen LogP contribution in [0, 0.1) is 11.3 Å². The molecule has 1 saturated carbocycles. The molecule has 3 nitrogen and oxygen atoms in total. The molecule has 2 N–H and O–H groups in total. The summed E-state index contributed by atoms with van der Waals surface area (Å²) in [5.74, 6) is -0.230. The van der Waals surface area contributed by atoms with Gasteiger partial charge in [0.05, 0.1) is 5.92 Å². The maximum absolute atomic E-state index is 11.1. The molecule has 1 heterocycles. The largest absolute Gasteiger partial charge is 0.481 e. The van der Waals surface area contributed by atoms with Gasteiger partial charge in [0.25, 0.3) is 0 Å². The smallest absolute Gasteiger partial charge is 0.307 e. The van der Waals surface area contributed by atoms with Crippen LogP contribution in [0.3, 0.4) is 0 Å². The summed E-state index contributed by atoms with van der Waals surface area (Å²) in [6.45, 7) is 5.33. The molecule has 3 rings (SSSR count). The molecule has 0 bridgehead atoms. The quantitative estimate of drug-likeness (QED) is 0.883. The van der Waals surface area contributed by atoms with Gasteiger partial charge in [0.15, 0.2) is 0 Å². The SMILES string of the molecule is CC1(C)CCC(c2ccc(C3CC(C(=O)O)CN3)cc2)CC1. The van der Waals surface area contributed by atoms with E-state index in [1.54, 1.807) is 0 Å². The predicted octanol–water partition coefficient (Wildman–Crippen LogP) is 4.11. The third-order valence-corrected chi connectivity index (χ3v) is 5.63. The second kappa shape index (κ2) is 6.04. The van der Waals surface area contributed by atoms with Crippen molar-refractivity contribution in [1.29, 1.82) is 0 Å². The highest BCUT2D eigenvalue weighted by atomic mass is 16.4. The third-order valence-electron chi connectivity index (χ3n) is 5.63. The average Bonchev–Trinajstić information content (AvgIpc) is 2.97. The lowest BCUT2D eigenvalue weighted by Crippen LogP contribution is -2.20. The molecular formula is C19H27NO2. The van der Waals surface area contributed by atoms with Crippen LogP contribution in [0.25, 0.3) is 0 Å². The fourth-order valence-electron chi connectivity index (χ4n) is 3.91. The zero-order chi connectivity index (χ0) is 15.7. The number of hydrogen-bond donors (Lipinski definition) is 2. The third kappa shape index (κ3) is 3.35. The maximum Gasteiger partial charge on any atom is 0.307 e. The van der Waals surface area contributed by atoms with E-state index < -0.39 is 5.97 Å². The normalized spacial score (nSPS) is 28.6. The standard InChI is InChI=1S/C19H27NO2/c1-19(2)9-7-14(8-10-19)13-3-5-15(6-4-13)17-11-16(12-20-17)18(21)22/h3-6,14,16-17,20H,7-12H2,1-2H3,(H,21,22). The Bertz CT molecular complexity index is 525. The second-order valence-electron chi connectivity index (χ2n) is 7.84. The highest BCUT2D eigenvalue weighted by Gasteiger charge is 2.31. The van der Waals surface area contributed by atoms with Crippen LogP contribution in [0.4, 0.5) is 0 Å². The highest BCUT2D eigenvalue weighted by molar-refractivity contribution is 5.70. The number of carbonyl (C=O) groups is 1. The van der Waals surface area contributed by atoms with Gasteiger partial charge < -0.3 is 10.4 Å². The molecule has 0 radical (unpaired) electrons. The van der Waals surface area contributed by atoms with Crippen molar-refractivity contribution in [3.63, 3.8) is 0 Å². The Morgan fingerprint density at radius 2 is 1.73 bits per heavy atom. The molecule has 3 heteroatoms. The molecule has 1 aromatic carbocycles. The number of carboxylic acid groups (broad SMARTS) is 1. The van der Waals surface area contributed by atoms with Crippen molar-refractivity contribution < 1.29 is 9.90 Å². The van der Waals surface area contributed by atoms with Crippen molar-refractivity contribution in [2.45, 2.75) is 57.9 Å². The molecular weight excluding hydrogens is 274 g/mol. The molecule has 1 saturated heterocycles. The summed E-state index contributed by atoms with van der Waals surface area (Å²) in [7, 11) is 0. The van der Waals surface area contributed by atoms with E-state index in [1.807, 2.05) is 0 Å². The molecule has 2 fully saturated rings. The molecule has 0 amide bonds. The number of rotatable bonds is 3. The Labute approximate surface area is 133 Å². The van der Waals surface area contributed by atoms with Crippen molar-refractivity contribution in [2.75, 3.05) is 6.54 Å². The van der Waals surface area contributed by atoms with Crippen LogP contribution in [0.1, 0.15) is 69.0 Å². The first-order valence-electron chi connectivity index (χ1n) is 8.51. The van der Waals surface area contributed by atoms with E-state index >= 15 is 0 Å². The van der Waals surface area contributed by atoms with E-state index in [2.05, 4.69) is 43.4 Å². The fraction of sp³-hybridized carbons (Fsp3) is 0.632. The Kier molecular flexibility index (Phi) is 4.26. The van der Waals surface area contributed by atoms with Gasteiger partial charge in [0, 0.05) is 12.6 Å². The Morgan fingerprint density at radius 1 is 1.14 bits per heavy atom. The monoisotopic (exact) mass is 301 g/mol. The van der Waals surface area contributed by atoms with E-state index in [1.165, 1.54) is 36.8 Å². The van der Waals surface area contributed by atoms with Gasteiger partial charge in [-0.15, -0.1) is 0 Å². The van der Waals surface area contributed by atoms with Crippen molar-refractivity contribution in [1.82, 2.24) is 5.32 Å². The minimum absolute atomic E-state index is 0.195. The van der Waals surface area contributed by atoms with E-state index in [0.717, 1.165) is 0 Å². The van der Waals surface area contributed by atoms with E-state index in [4.69, 9.17) is 5.11 Å². The number of hydrogen-bond acceptors (Lipinski definition) is 2. The molecule has 2 unspecified atom stereocenters. The summed E-state index contributed by atoms with van der Waals surface area (Å²) in [5.41, 5.74) is 3.19. The number of aliphatic carboxylic acids is 1. The average molecular weight is 301 g/mol. The minimum Gasteiger partial charge on any atom is -0.481 e. The number of carboxylic acids is 1. The van der Waals surface area contributed by atoms with Crippen LogP contribution < -0.4 is 5.32 Å². The molecule has 22 heavy (non-hydrogen) atoms. The molecule has 0 spiro atoms. The minimum atomic E-state index is -0.684. The summed E-state index contributed by atoms with van der Waals surface area (Å²) >= 11 is 0. The molecule has 2 aliphatic rings. The summed E-state index contributed by atoms with van der Waals surface area (Å²) in [6, 6.07) is 9.09. The molecule has 1 aliphatic heterocycles. The first-order chi connectivity index (χ1) is 10.4. The fourth-order valence-corrected chi connectivity index (χ4v) is 3.91. The summed E-state index contributed by atoms with van der Waals surface area (Å²) in [4.78, 5) is 11.1. The molecule has 1 aliphatic carbocycles. The van der Waals surface area contributed by atoms with Crippen molar-refractivity contribution in [3.05, 3.63) is 35.4 Å². The van der Waals surface area contributed by atoms with Gasteiger partial charge in [-0.3, -0.25) is 4.79 Å². The van der Waals surface area contributed by atoms with Gasteiger partial charge in [0.1, 0.15) is 0 Å². The van der Waals surface area contributed by atoms with Crippen LogP contribution in [0.15, 0.2) is 24.3 Å². The molecule has 1 aromatic rings. The van der Waals surface area contributed by atoms with E-state index in [-0.39, 0.29) is 12.0 Å². The van der Waals surface area contributed by atoms with Crippen LogP contribution >= 0.6 is 0 Å². The van der Waals surface area contributed by atoms with Crippen LogP contribution in [0.2, 0.25) is 0 Å². The van der Waals surface area contributed by atoms with E-state index in [9.17, 15) is 4.79 Å². The second-order valence-corrected chi connectivity index (χ2v) is 7.84. The Morgan fingerprint density at radius 3 is 2.27 bits per heavy atom. The van der Waals surface area contributed by atoms with Crippen LogP contribution in [0.5, 0.6) is 0 Å². The summed E-state index contributed by atoms with van der Waals surface area (Å²) in [6.07, 6.45) is 5.89. The van der Waals surface area contributed by atoms with Gasteiger partial charge in [-0.2, -0.15) is 0 Å². The van der Waals surface area contributed by atoms with Gasteiger partial charge in [0.2, 0.25) is 0 Å². The summed E-state index contributed by atoms with van der Waals surface area (Å²) < 4.78 is 0. The number of nitrogens with one attached hydrogen (secondary N) is 1. The lowest BCUT2D eigenvalue weighted by Gasteiger charge is -2.34. The first-order valence-corrected chi connectivity index (χ1v) is 8.51. The number of benzene rings is 1. The van der Waals surface area contributed by atoms with Crippen LogP contribution in [-0.4, -0.2) is 17.6 Å². The lowest BCUT2D eigenvalue weighted by molar-refractivity contribution is -0.141. The Balaban J connectivity index is 1.63. The lowest BCUT2D eigenvalue weighted by atomic mass is 9.71. The van der Waals surface area contributed by atoms with Crippen LogP contribution in [-0.2, 0) is 4.79 Å². The molecule has 0 aromatic heterocycles. The molecule has 2 atom stereocenters. The van der Waals surface area contributed by atoms with Crippen molar-refractivity contribution in [3.8, 4) is 0 Å². The Hall–Kier alpha value is -1.35. The zero-order valence-electron chi connectivity index (χ0n) is 13.6. The maximum atomic E-state index is 11.1. The summed E-state index contributed by atoms with van der Waals surface area (Å²) in [5, 5.41) is 12.4. The van der Waals surface area contributed by atoms with E-state index in [0.29, 0.717) is 24.3 Å². The van der Waals surface area contributed by atoms with Gasteiger partial charge >= 0.3 is 5.97 Å². The van der Waals surface area contributed by atoms with Gasteiger partial charge in [-0.1, -0.05) is 38.1 Å². The first kappa shape index (κ1) is 15.5. The van der Waals surface area contributed by atoms with Gasteiger partial charge in [-0.25, -0.2) is 0 Å². The highest BCUT2D eigenvalue weighted by Crippen LogP contribution is 2.42. The van der Waals surface area contributed by atoms with Crippen molar-refractivity contribution in [2.24, 2.45) is 11.3 Å². The molecule has 120 valence electrons. The zero-order valence-corrected chi connectivity index (χ0v) is 13.6. The van der Waals surface area contributed by atoms with Crippen molar-refractivity contribution >= 4 is 5.97 Å². The predicted molar refractivity (Wildman–Crippen MR) is 87.9 cm³/mol.